The zero-order chi connectivity index (χ0) is 14.1. The lowest BCUT2D eigenvalue weighted by molar-refractivity contribution is 0.0590. The number of esters is 1. The van der Waals surface area contributed by atoms with Gasteiger partial charge in [0, 0.05) is 5.56 Å². The summed E-state index contributed by atoms with van der Waals surface area (Å²) in [5.41, 5.74) is 2.53. The summed E-state index contributed by atoms with van der Waals surface area (Å²) in [4.78, 5) is 16.4. The lowest BCUT2D eigenvalue weighted by Crippen LogP contribution is -2.10. The summed E-state index contributed by atoms with van der Waals surface area (Å²) in [5.74, 6) is -0.454. The predicted octanol–water partition coefficient (Wildman–Crippen LogP) is 2.95. The third kappa shape index (κ3) is 2.08. The molecule has 0 bridgehead atoms. The Bertz CT molecular complexity index is 784. The topological polar surface area (TPSA) is 56.5 Å². The van der Waals surface area contributed by atoms with Crippen molar-refractivity contribution in [2.45, 2.75) is 0 Å². The molecule has 1 aromatic carbocycles. The van der Waals surface area contributed by atoms with Crippen molar-refractivity contribution in [1.82, 2.24) is 14.6 Å². The van der Waals surface area contributed by atoms with Crippen molar-refractivity contribution in [2.24, 2.45) is 0 Å². The van der Waals surface area contributed by atoms with Crippen LogP contribution in [0.1, 0.15) is 10.5 Å². The van der Waals surface area contributed by atoms with E-state index in [0.717, 1.165) is 10.0 Å². The van der Waals surface area contributed by atoms with Gasteiger partial charge in [-0.15, -0.1) is 0 Å². The van der Waals surface area contributed by atoms with Crippen molar-refractivity contribution in [3.8, 4) is 11.3 Å². The average Bonchev–Trinajstić information content (AvgIpc) is 2.88. The molecule has 3 rings (SSSR count). The van der Waals surface area contributed by atoms with E-state index in [1.807, 2.05) is 30.3 Å². The van der Waals surface area contributed by atoms with E-state index in [4.69, 9.17) is 4.74 Å². The van der Waals surface area contributed by atoms with E-state index in [1.54, 1.807) is 12.3 Å². The first-order valence-electron chi connectivity index (χ1n) is 5.88. The Balaban J connectivity index is 2.29. The second kappa shape index (κ2) is 5.05. The molecule has 0 atom stereocenters. The summed E-state index contributed by atoms with van der Waals surface area (Å²) < 4.78 is 6.98. The van der Waals surface area contributed by atoms with Crippen LogP contribution >= 0.6 is 15.9 Å². The first kappa shape index (κ1) is 12.8. The van der Waals surface area contributed by atoms with Gasteiger partial charge in [0.25, 0.3) is 0 Å². The van der Waals surface area contributed by atoms with Gasteiger partial charge in [-0.25, -0.2) is 14.3 Å². The SMILES string of the molecule is COC(=O)c1cc(-c2ccccc2)nc2c(Br)cnn12. The number of ether oxygens (including phenoxy) is 1. The van der Waals surface area contributed by atoms with Crippen LogP contribution in [0.25, 0.3) is 16.9 Å². The molecule has 100 valence electrons. The number of benzene rings is 1. The van der Waals surface area contributed by atoms with Crippen LogP contribution in [0.5, 0.6) is 0 Å². The summed E-state index contributed by atoms with van der Waals surface area (Å²) >= 11 is 3.38. The molecule has 0 N–H and O–H groups in total. The van der Waals surface area contributed by atoms with E-state index >= 15 is 0 Å². The van der Waals surface area contributed by atoms with E-state index in [0.29, 0.717) is 17.0 Å². The number of aromatic nitrogens is 3. The molecule has 0 radical (unpaired) electrons. The highest BCUT2D eigenvalue weighted by Crippen LogP contribution is 2.23. The Morgan fingerprint density at radius 1 is 1.30 bits per heavy atom. The van der Waals surface area contributed by atoms with Crippen LogP contribution in [-0.2, 0) is 4.74 Å². The predicted molar refractivity (Wildman–Crippen MR) is 77.5 cm³/mol. The molecule has 3 aromatic rings. The second-order valence-corrected chi connectivity index (χ2v) is 4.97. The van der Waals surface area contributed by atoms with Crippen LogP contribution in [-0.4, -0.2) is 27.7 Å². The van der Waals surface area contributed by atoms with Crippen molar-refractivity contribution in [3.63, 3.8) is 0 Å². The molecule has 0 aliphatic carbocycles. The second-order valence-electron chi connectivity index (χ2n) is 4.11. The van der Waals surface area contributed by atoms with E-state index in [9.17, 15) is 4.79 Å². The fourth-order valence-electron chi connectivity index (χ4n) is 1.94. The van der Waals surface area contributed by atoms with E-state index in [-0.39, 0.29) is 0 Å². The first-order valence-corrected chi connectivity index (χ1v) is 6.68. The molecule has 0 unspecified atom stereocenters. The standard InChI is InChI=1S/C14H10BrN3O2/c1-20-14(19)12-7-11(9-5-3-2-4-6-9)17-13-10(15)8-16-18(12)13/h2-8H,1H3. The third-order valence-electron chi connectivity index (χ3n) is 2.89. The number of carbonyl (C=O) groups is 1. The number of hydrogen-bond donors (Lipinski definition) is 0. The fraction of sp³-hybridized carbons (Fsp3) is 0.0714. The van der Waals surface area contributed by atoms with Crippen LogP contribution in [0.3, 0.4) is 0 Å². The highest BCUT2D eigenvalue weighted by Gasteiger charge is 2.16. The largest absolute Gasteiger partial charge is 0.464 e. The Hall–Kier alpha value is -2.21. The molecule has 0 fully saturated rings. The molecule has 0 spiro atoms. The maximum Gasteiger partial charge on any atom is 0.356 e. The molecule has 0 saturated heterocycles. The van der Waals surface area contributed by atoms with E-state index < -0.39 is 5.97 Å². The van der Waals surface area contributed by atoms with Crippen LogP contribution in [0, 0.1) is 0 Å². The van der Waals surface area contributed by atoms with Gasteiger partial charge in [-0.1, -0.05) is 30.3 Å². The molecule has 5 nitrogen and oxygen atoms in total. The molecule has 0 aliphatic heterocycles. The molecule has 2 heterocycles. The van der Waals surface area contributed by atoms with Crippen molar-refractivity contribution in [1.29, 1.82) is 0 Å². The van der Waals surface area contributed by atoms with Gasteiger partial charge in [-0.05, 0) is 22.0 Å². The summed E-state index contributed by atoms with van der Waals surface area (Å²) in [6, 6.07) is 11.3. The smallest absolute Gasteiger partial charge is 0.356 e. The lowest BCUT2D eigenvalue weighted by Gasteiger charge is -2.06. The summed E-state index contributed by atoms with van der Waals surface area (Å²) in [6.07, 6.45) is 1.60. The Morgan fingerprint density at radius 3 is 2.75 bits per heavy atom. The maximum atomic E-state index is 11.9. The molecule has 6 heteroatoms. The number of fused-ring (bicyclic) bond motifs is 1. The van der Waals surface area contributed by atoms with Crippen LogP contribution < -0.4 is 0 Å². The summed E-state index contributed by atoms with van der Waals surface area (Å²) in [7, 11) is 1.34. The van der Waals surface area contributed by atoms with Crippen molar-refractivity contribution >= 4 is 27.5 Å². The van der Waals surface area contributed by atoms with Gasteiger partial charge in [0.05, 0.1) is 23.5 Å². The zero-order valence-electron chi connectivity index (χ0n) is 10.6. The highest BCUT2D eigenvalue weighted by atomic mass is 79.9. The van der Waals surface area contributed by atoms with Gasteiger partial charge >= 0.3 is 5.97 Å². The van der Waals surface area contributed by atoms with Crippen LogP contribution in [0.4, 0.5) is 0 Å². The van der Waals surface area contributed by atoms with Gasteiger partial charge in [-0.3, -0.25) is 0 Å². The molecular weight excluding hydrogens is 322 g/mol. The molecule has 20 heavy (non-hydrogen) atoms. The molecule has 2 aromatic heterocycles. The lowest BCUT2D eigenvalue weighted by atomic mass is 10.1. The van der Waals surface area contributed by atoms with Gasteiger partial charge < -0.3 is 4.74 Å². The van der Waals surface area contributed by atoms with E-state index in [1.165, 1.54) is 11.6 Å². The highest BCUT2D eigenvalue weighted by molar-refractivity contribution is 9.10. The van der Waals surface area contributed by atoms with Crippen molar-refractivity contribution in [3.05, 3.63) is 52.8 Å². The number of rotatable bonds is 2. The first-order chi connectivity index (χ1) is 9.70. The number of nitrogens with zero attached hydrogens (tertiary/aromatic N) is 3. The third-order valence-corrected chi connectivity index (χ3v) is 3.45. The summed E-state index contributed by atoms with van der Waals surface area (Å²) in [5, 5.41) is 4.13. The average molecular weight is 332 g/mol. The van der Waals surface area contributed by atoms with Crippen molar-refractivity contribution in [2.75, 3.05) is 7.11 Å². The number of halogens is 1. The van der Waals surface area contributed by atoms with Gasteiger partial charge in [0.2, 0.25) is 0 Å². The normalized spacial score (nSPS) is 10.7. The minimum Gasteiger partial charge on any atom is -0.464 e. The van der Waals surface area contributed by atoms with E-state index in [2.05, 4.69) is 26.0 Å². The van der Waals surface area contributed by atoms with Gasteiger partial charge in [-0.2, -0.15) is 5.10 Å². The Morgan fingerprint density at radius 2 is 2.05 bits per heavy atom. The molecule has 0 amide bonds. The zero-order valence-corrected chi connectivity index (χ0v) is 12.2. The van der Waals surface area contributed by atoms with Crippen LogP contribution in [0.15, 0.2) is 47.1 Å². The van der Waals surface area contributed by atoms with Gasteiger partial charge in [0.15, 0.2) is 11.3 Å². The minimum atomic E-state index is -0.454. The summed E-state index contributed by atoms with van der Waals surface area (Å²) in [6.45, 7) is 0. The van der Waals surface area contributed by atoms with Crippen molar-refractivity contribution < 1.29 is 9.53 Å². The fourth-order valence-corrected chi connectivity index (χ4v) is 2.29. The Kier molecular flexibility index (Phi) is 3.23. The maximum absolute atomic E-state index is 11.9. The molecule has 0 saturated carbocycles. The monoisotopic (exact) mass is 331 g/mol. The molecule has 0 aliphatic rings. The number of methoxy groups -OCH3 is 1. The molecular formula is C14H10BrN3O2. The number of hydrogen-bond acceptors (Lipinski definition) is 4. The minimum absolute atomic E-state index is 0.335. The number of carbonyl (C=O) groups excluding carboxylic acids is 1. The van der Waals surface area contributed by atoms with Gasteiger partial charge in [0.1, 0.15) is 0 Å². The Labute approximate surface area is 123 Å². The van der Waals surface area contributed by atoms with Crippen LogP contribution in [0.2, 0.25) is 0 Å². The quantitative estimate of drug-likeness (QED) is 0.677.